The number of nitrogens with zero attached hydrogens (tertiary/aromatic N) is 1. The average Bonchev–Trinajstić information content (AvgIpc) is 3.30. The molecule has 0 atom stereocenters. The Morgan fingerprint density at radius 1 is 0.929 bits per heavy atom. The van der Waals surface area contributed by atoms with Gasteiger partial charge in [-0.15, -0.1) is 0 Å². The number of fused-ring (bicyclic) bond motifs is 1. The van der Waals surface area contributed by atoms with E-state index in [9.17, 15) is 21.6 Å². The molecule has 0 unspecified atom stereocenters. The molecule has 10 heteroatoms. The fourth-order valence-corrected chi connectivity index (χ4v) is 6.05. The lowest BCUT2D eigenvalue weighted by molar-refractivity contribution is -0.115. The Morgan fingerprint density at radius 2 is 1.68 bits per heavy atom. The molecule has 0 radical (unpaired) electrons. The Bertz CT molecular complexity index is 1150. The van der Waals surface area contributed by atoms with Crippen molar-refractivity contribution in [2.75, 3.05) is 23.1 Å². The fraction of sp³-hybridized carbons (Fsp3) is 0.278. The van der Waals surface area contributed by atoms with Crippen LogP contribution in [-0.2, 0) is 31.3 Å². The summed E-state index contributed by atoms with van der Waals surface area (Å²) in [6.07, 6.45) is 1.77. The van der Waals surface area contributed by atoms with E-state index in [1.807, 2.05) is 0 Å². The number of anilines is 2. The van der Waals surface area contributed by atoms with Crippen LogP contribution in [0.3, 0.4) is 0 Å². The summed E-state index contributed by atoms with van der Waals surface area (Å²) in [7, 11) is -7.57. The molecule has 0 aromatic heterocycles. The smallest absolute Gasteiger partial charge is 0.261 e. The van der Waals surface area contributed by atoms with Crippen LogP contribution in [0.4, 0.5) is 11.4 Å². The third-order valence-corrected chi connectivity index (χ3v) is 8.07. The van der Waals surface area contributed by atoms with Crippen molar-refractivity contribution in [1.82, 2.24) is 4.31 Å². The molecular formula is C18H19N3O5S2. The molecule has 148 valence electrons. The lowest BCUT2D eigenvalue weighted by Crippen LogP contribution is -2.27. The van der Waals surface area contributed by atoms with Crippen LogP contribution < -0.4 is 10.0 Å². The van der Waals surface area contributed by atoms with Crippen molar-refractivity contribution in [3.05, 3.63) is 48.0 Å². The lowest BCUT2D eigenvalue weighted by atomic mass is 10.2. The number of carbonyl (C=O) groups excluding carboxylic acids is 1. The van der Waals surface area contributed by atoms with Gasteiger partial charge in [0.15, 0.2) is 0 Å². The Kier molecular flexibility index (Phi) is 4.64. The number of nitrogens with one attached hydrogen (secondary N) is 2. The second-order valence-electron chi connectivity index (χ2n) is 6.79. The van der Waals surface area contributed by atoms with Gasteiger partial charge in [0.05, 0.1) is 21.9 Å². The molecule has 2 aliphatic heterocycles. The van der Waals surface area contributed by atoms with Crippen molar-refractivity contribution in [1.29, 1.82) is 0 Å². The summed E-state index contributed by atoms with van der Waals surface area (Å²) < 4.78 is 54.7. The Morgan fingerprint density at radius 3 is 2.43 bits per heavy atom. The van der Waals surface area contributed by atoms with Crippen molar-refractivity contribution < 1.29 is 21.6 Å². The highest BCUT2D eigenvalue weighted by atomic mass is 32.2. The van der Waals surface area contributed by atoms with E-state index in [-0.39, 0.29) is 27.8 Å². The van der Waals surface area contributed by atoms with Gasteiger partial charge < -0.3 is 5.32 Å². The molecule has 1 amide bonds. The van der Waals surface area contributed by atoms with Gasteiger partial charge in [0, 0.05) is 18.8 Å². The minimum Gasteiger partial charge on any atom is -0.326 e. The van der Waals surface area contributed by atoms with E-state index < -0.39 is 20.0 Å². The second-order valence-corrected chi connectivity index (χ2v) is 10.4. The first kappa shape index (κ1) is 18.9. The quantitative estimate of drug-likeness (QED) is 0.764. The standard InChI is InChI=1S/C18H19N3O5S2/c22-18-11-13-10-15(6-7-17(13)19-18)27(23,24)20-14-4-3-5-16(12-14)28(25,26)21-8-1-2-9-21/h3-7,10,12,20H,1-2,8-9,11H2,(H,19,22). The molecule has 8 nitrogen and oxygen atoms in total. The minimum atomic E-state index is -3.93. The maximum absolute atomic E-state index is 12.7. The first-order valence-corrected chi connectivity index (χ1v) is 11.7. The summed E-state index contributed by atoms with van der Waals surface area (Å²) in [6, 6.07) is 10.2. The van der Waals surface area contributed by atoms with E-state index in [1.165, 1.54) is 40.7 Å². The first-order chi connectivity index (χ1) is 13.3. The summed E-state index contributed by atoms with van der Waals surface area (Å²) in [4.78, 5) is 11.5. The van der Waals surface area contributed by atoms with Gasteiger partial charge in [-0.1, -0.05) is 6.07 Å². The number of benzene rings is 2. The van der Waals surface area contributed by atoms with Crippen LogP contribution in [0, 0.1) is 0 Å². The molecule has 28 heavy (non-hydrogen) atoms. The van der Waals surface area contributed by atoms with Gasteiger partial charge in [-0.25, -0.2) is 16.8 Å². The van der Waals surface area contributed by atoms with Gasteiger partial charge in [-0.05, 0) is 54.8 Å². The minimum absolute atomic E-state index is 0.00977. The number of sulfonamides is 2. The Labute approximate surface area is 163 Å². The predicted molar refractivity (Wildman–Crippen MR) is 104 cm³/mol. The van der Waals surface area contributed by atoms with Crippen LogP contribution in [0.25, 0.3) is 0 Å². The number of hydrogen-bond acceptors (Lipinski definition) is 5. The Balaban J connectivity index is 1.61. The Hall–Kier alpha value is -2.43. The third kappa shape index (κ3) is 3.50. The number of hydrogen-bond donors (Lipinski definition) is 2. The largest absolute Gasteiger partial charge is 0.326 e. The maximum Gasteiger partial charge on any atom is 0.261 e. The molecule has 0 aliphatic carbocycles. The van der Waals surface area contributed by atoms with Gasteiger partial charge in [-0.2, -0.15) is 4.31 Å². The van der Waals surface area contributed by atoms with Gasteiger partial charge in [0.2, 0.25) is 15.9 Å². The highest BCUT2D eigenvalue weighted by molar-refractivity contribution is 7.92. The van der Waals surface area contributed by atoms with E-state index in [1.54, 1.807) is 6.07 Å². The summed E-state index contributed by atoms with van der Waals surface area (Å²) in [6.45, 7) is 0.945. The van der Waals surface area contributed by atoms with Crippen molar-refractivity contribution in [2.24, 2.45) is 0 Å². The van der Waals surface area contributed by atoms with Crippen LogP contribution in [0.15, 0.2) is 52.3 Å². The normalized spacial score (nSPS) is 17.4. The van der Waals surface area contributed by atoms with Crippen molar-refractivity contribution in [3.8, 4) is 0 Å². The number of amides is 1. The van der Waals surface area contributed by atoms with Crippen LogP contribution >= 0.6 is 0 Å². The highest BCUT2D eigenvalue weighted by Crippen LogP contribution is 2.28. The molecule has 2 N–H and O–H groups in total. The van der Waals surface area contributed by atoms with E-state index in [0.717, 1.165) is 12.8 Å². The summed E-state index contributed by atoms with van der Waals surface area (Å²) in [5, 5.41) is 2.65. The van der Waals surface area contributed by atoms with Gasteiger partial charge in [0.1, 0.15) is 0 Å². The monoisotopic (exact) mass is 421 g/mol. The molecule has 2 aromatic carbocycles. The molecule has 2 heterocycles. The second kappa shape index (κ2) is 6.87. The predicted octanol–water partition coefficient (Wildman–Crippen LogP) is 1.77. The molecule has 1 saturated heterocycles. The molecule has 0 bridgehead atoms. The van der Waals surface area contributed by atoms with Crippen LogP contribution in [0.1, 0.15) is 18.4 Å². The van der Waals surface area contributed by atoms with Crippen molar-refractivity contribution >= 4 is 37.3 Å². The average molecular weight is 422 g/mol. The molecular weight excluding hydrogens is 402 g/mol. The molecule has 0 spiro atoms. The molecule has 1 fully saturated rings. The molecule has 0 saturated carbocycles. The molecule has 2 aromatic rings. The van der Waals surface area contributed by atoms with Gasteiger partial charge in [0.25, 0.3) is 10.0 Å². The number of carbonyl (C=O) groups is 1. The lowest BCUT2D eigenvalue weighted by Gasteiger charge is -2.16. The number of rotatable bonds is 5. The summed E-state index contributed by atoms with van der Waals surface area (Å²) in [5.74, 6) is -0.183. The summed E-state index contributed by atoms with van der Waals surface area (Å²) in [5.41, 5.74) is 1.37. The zero-order valence-electron chi connectivity index (χ0n) is 14.9. The van der Waals surface area contributed by atoms with Gasteiger partial charge in [-0.3, -0.25) is 9.52 Å². The maximum atomic E-state index is 12.7. The van der Waals surface area contributed by atoms with E-state index in [0.29, 0.717) is 24.3 Å². The zero-order chi connectivity index (χ0) is 19.9. The molecule has 4 rings (SSSR count). The highest BCUT2D eigenvalue weighted by Gasteiger charge is 2.28. The SMILES string of the molecule is O=C1Cc2cc(S(=O)(=O)Nc3cccc(S(=O)(=O)N4CCCC4)c3)ccc2N1. The van der Waals surface area contributed by atoms with Crippen molar-refractivity contribution in [2.45, 2.75) is 29.1 Å². The summed E-state index contributed by atoms with van der Waals surface area (Å²) >= 11 is 0. The van der Waals surface area contributed by atoms with Crippen LogP contribution in [0.2, 0.25) is 0 Å². The molecule has 2 aliphatic rings. The fourth-order valence-electron chi connectivity index (χ4n) is 3.38. The zero-order valence-corrected chi connectivity index (χ0v) is 16.5. The van der Waals surface area contributed by atoms with Crippen LogP contribution in [0.5, 0.6) is 0 Å². The van der Waals surface area contributed by atoms with Crippen molar-refractivity contribution in [3.63, 3.8) is 0 Å². The topological polar surface area (TPSA) is 113 Å². The van der Waals surface area contributed by atoms with E-state index >= 15 is 0 Å². The third-order valence-electron chi connectivity index (χ3n) is 4.80. The van der Waals surface area contributed by atoms with E-state index in [2.05, 4.69) is 10.0 Å². The van der Waals surface area contributed by atoms with Crippen LogP contribution in [-0.4, -0.2) is 40.1 Å². The van der Waals surface area contributed by atoms with Gasteiger partial charge >= 0.3 is 0 Å². The van der Waals surface area contributed by atoms with E-state index in [4.69, 9.17) is 0 Å². The first-order valence-electron chi connectivity index (χ1n) is 8.81.